The van der Waals surface area contributed by atoms with Crippen LogP contribution < -0.4 is 5.32 Å². The molecule has 1 rings (SSSR count). The molecule has 0 radical (unpaired) electrons. The van der Waals surface area contributed by atoms with E-state index in [1.165, 1.54) is 12.6 Å². The molecule has 0 aromatic rings. The van der Waals surface area contributed by atoms with Crippen molar-refractivity contribution in [3.8, 4) is 0 Å². The van der Waals surface area contributed by atoms with E-state index in [1.807, 2.05) is 0 Å². The number of carbonyl (C=O) groups is 1. The topological polar surface area (TPSA) is 74.0 Å². The second-order valence-electron chi connectivity index (χ2n) is 2.78. The molecule has 0 fully saturated rings. The number of hydrogen-bond acceptors (Lipinski definition) is 5. The zero-order chi connectivity index (χ0) is 9.90. The standard InChI is InChI=1S/C7H11N3O2S/c1-8-5(6(11)12)2-7(13)3-9-4-10-7/h3-5,8,13H,2H2,1H3,(H,11,12)/t5-,7?/m0/s1. The number of carboxylic acids is 1. The third kappa shape index (κ3) is 2.53. The molecule has 1 aliphatic rings. The Labute approximate surface area is 81.4 Å². The molecule has 6 heteroatoms. The number of thiol groups is 1. The van der Waals surface area contributed by atoms with Crippen LogP contribution in [0.3, 0.4) is 0 Å². The van der Waals surface area contributed by atoms with Gasteiger partial charge in [-0.25, -0.2) is 4.99 Å². The zero-order valence-electron chi connectivity index (χ0n) is 7.14. The van der Waals surface area contributed by atoms with Gasteiger partial charge in [0.15, 0.2) is 0 Å². The number of nitrogens with zero attached hydrogens (tertiary/aromatic N) is 2. The number of carboxylic acid groups (broad SMARTS) is 1. The fraction of sp³-hybridized carbons (Fsp3) is 0.571. The molecule has 0 aromatic carbocycles. The van der Waals surface area contributed by atoms with E-state index in [0.29, 0.717) is 0 Å². The van der Waals surface area contributed by atoms with E-state index in [2.05, 4.69) is 27.9 Å². The van der Waals surface area contributed by atoms with Crippen LogP contribution in [0.25, 0.3) is 0 Å². The summed E-state index contributed by atoms with van der Waals surface area (Å²) >= 11 is 4.22. The molecular weight excluding hydrogens is 190 g/mol. The molecule has 1 heterocycles. The van der Waals surface area contributed by atoms with E-state index in [0.717, 1.165) is 0 Å². The Bertz CT molecular complexity index is 252. The molecule has 1 unspecified atom stereocenters. The second-order valence-corrected chi connectivity index (χ2v) is 3.56. The summed E-state index contributed by atoms with van der Waals surface area (Å²) in [6.45, 7) is 0. The Kier molecular flexibility index (Phi) is 3.05. The van der Waals surface area contributed by atoms with Crippen LogP contribution >= 0.6 is 12.6 Å². The van der Waals surface area contributed by atoms with Gasteiger partial charge in [-0.3, -0.25) is 9.79 Å². The van der Waals surface area contributed by atoms with Gasteiger partial charge in [0, 0.05) is 12.6 Å². The van der Waals surface area contributed by atoms with Crippen LogP contribution in [-0.2, 0) is 4.79 Å². The lowest BCUT2D eigenvalue weighted by Crippen LogP contribution is -2.40. The molecule has 0 saturated heterocycles. The number of hydrogen-bond donors (Lipinski definition) is 3. The number of rotatable bonds is 4. The van der Waals surface area contributed by atoms with E-state index >= 15 is 0 Å². The molecular formula is C7H11N3O2S. The fourth-order valence-corrected chi connectivity index (χ4v) is 1.34. The van der Waals surface area contributed by atoms with Crippen molar-refractivity contribution in [3.05, 3.63) is 0 Å². The zero-order valence-corrected chi connectivity index (χ0v) is 8.03. The Morgan fingerprint density at radius 1 is 1.85 bits per heavy atom. The first-order valence-corrected chi connectivity index (χ1v) is 4.22. The van der Waals surface area contributed by atoms with Gasteiger partial charge in [0.25, 0.3) is 0 Å². The smallest absolute Gasteiger partial charge is 0.320 e. The molecule has 0 saturated carbocycles. The van der Waals surface area contributed by atoms with E-state index in [1.54, 1.807) is 7.05 Å². The maximum absolute atomic E-state index is 10.7. The minimum absolute atomic E-state index is 0.280. The van der Waals surface area contributed by atoms with Crippen LogP contribution in [0.4, 0.5) is 0 Å². The molecule has 0 aliphatic carbocycles. The van der Waals surface area contributed by atoms with Crippen LogP contribution in [0.2, 0.25) is 0 Å². The van der Waals surface area contributed by atoms with Crippen molar-refractivity contribution in [2.24, 2.45) is 9.98 Å². The van der Waals surface area contributed by atoms with Crippen LogP contribution in [0.15, 0.2) is 9.98 Å². The molecule has 2 N–H and O–H groups in total. The molecule has 2 atom stereocenters. The van der Waals surface area contributed by atoms with Gasteiger partial charge in [-0.2, -0.15) is 0 Å². The van der Waals surface area contributed by atoms with E-state index in [4.69, 9.17) is 5.11 Å². The van der Waals surface area contributed by atoms with Gasteiger partial charge >= 0.3 is 5.97 Å². The second kappa shape index (κ2) is 3.89. The summed E-state index contributed by atoms with van der Waals surface area (Å²) in [7, 11) is 1.59. The van der Waals surface area contributed by atoms with Gasteiger partial charge < -0.3 is 10.4 Å². The molecule has 0 spiro atoms. The lowest BCUT2D eigenvalue weighted by molar-refractivity contribution is -0.139. The van der Waals surface area contributed by atoms with Crippen LogP contribution in [0.5, 0.6) is 0 Å². The minimum Gasteiger partial charge on any atom is -0.480 e. The van der Waals surface area contributed by atoms with Crippen molar-refractivity contribution in [2.45, 2.75) is 17.3 Å². The highest BCUT2D eigenvalue weighted by Crippen LogP contribution is 2.23. The first-order chi connectivity index (χ1) is 6.07. The van der Waals surface area contributed by atoms with E-state index < -0.39 is 16.9 Å². The largest absolute Gasteiger partial charge is 0.480 e. The molecule has 0 bridgehead atoms. The van der Waals surface area contributed by atoms with E-state index in [9.17, 15) is 4.79 Å². The minimum atomic E-state index is -0.911. The summed E-state index contributed by atoms with van der Waals surface area (Å²) < 4.78 is 0. The van der Waals surface area contributed by atoms with Crippen molar-refractivity contribution in [1.82, 2.24) is 5.32 Å². The Morgan fingerprint density at radius 3 is 2.92 bits per heavy atom. The van der Waals surface area contributed by atoms with Crippen molar-refractivity contribution in [1.29, 1.82) is 0 Å². The summed E-state index contributed by atoms with van der Waals surface area (Å²) in [4.78, 5) is 17.6. The van der Waals surface area contributed by atoms with Crippen LogP contribution in [-0.4, -0.2) is 41.6 Å². The molecule has 0 aromatic heterocycles. The van der Waals surface area contributed by atoms with Crippen molar-refractivity contribution in [2.75, 3.05) is 7.05 Å². The van der Waals surface area contributed by atoms with Crippen LogP contribution in [0.1, 0.15) is 6.42 Å². The molecule has 13 heavy (non-hydrogen) atoms. The van der Waals surface area contributed by atoms with Gasteiger partial charge in [-0.1, -0.05) is 0 Å². The Hall–Kier alpha value is -0.880. The first kappa shape index (κ1) is 10.2. The maximum atomic E-state index is 10.7. The van der Waals surface area contributed by atoms with Gasteiger partial charge in [0.2, 0.25) is 0 Å². The summed E-state index contributed by atoms with van der Waals surface area (Å²) in [5, 5.41) is 11.4. The summed E-state index contributed by atoms with van der Waals surface area (Å²) in [5.74, 6) is -0.911. The number of likely N-dealkylation sites (N-methyl/N-ethyl adjacent to an activating group) is 1. The monoisotopic (exact) mass is 201 g/mol. The van der Waals surface area contributed by atoms with Crippen molar-refractivity contribution >= 4 is 31.2 Å². The predicted octanol–water partition coefficient (Wildman–Crippen LogP) is -0.212. The SMILES string of the molecule is CN[C@@H](CC1(S)C=NC=N1)C(=O)O. The number of aliphatic imine (C=N–C) groups is 2. The van der Waals surface area contributed by atoms with Crippen molar-refractivity contribution in [3.63, 3.8) is 0 Å². The summed E-state index contributed by atoms with van der Waals surface area (Å²) in [6.07, 6.45) is 3.19. The van der Waals surface area contributed by atoms with E-state index in [-0.39, 0.29) is 6.42 Å². The van der Waals surface area contributed by atoms with Gasteiger partial charge in [-0.15, -0.1) is 12.6 Å². The molecule has 1 aliphatic heterocycles. The highest BCUT2D eigenvalue weighted by molar-refractivity contribution is 7.82. The highest BCUT2D eigenvalue weighted by Gasteiger charge is 2.31. The first-order valence-electron chi connectivity index (χ1n) is 3.78. The Balaban J connectivity index is 2.60. The van der Waals surface area contributed by atoms with Gasteiger partial charge in [-0.05, 0) is 7.05 Å². The fourth-order valence-electron chi connectivity index (χ4n) is 1.04. The molecule has 5 nitrogen and oxygen atoms in total. The van der Waals surface area contributed by atoms with Gasteiger partial charge in [0.1, 0.15) is 17.3 Å². The predicted molar refractivity (Wildman–Crippen MR) is 53.8 cm³/mol. The highest BCUT2D eigenvalue weighted by atomic mass is 32.1. The third-order valence-electron chi connectivity index (χ3n) is 1.78. The van der Waals surface area contributed by atoms with Crippen LogP contribution in [0, 0.1) is 0 Å². The molecule has 0 amide bonds. The van der Waals surface area contributed by atoms with Crippen molar-refractivity contribution < 1.29 is 9.90 Å². The lowest BCUT2D eigenvalue weighted by Gasteiger charge is -2.20. The quantitative estimate of drug-likeness (QED) is 0.551. The third-order valence-corrected chi connectivity index (χ3v) is 2.19. The summed E-state index contributed by atoms with van der Waals surface area (Å²) in [6, 6.07) is -0.654. The lowest BCUT2D eigenvalue weighted by atomic mass is 10.1. The van der Waals surface area contributed by atoms with Gasteiger partial charge in [0.05, 0.1) is 0 Å². The average molecular weight is 201 g/mol. The molecule has 72 valence electrons. The number of aliphatic carboxylic acids is 1. The average Bonchev–Trinajstić information content (AvgIpc) is 2.48. The normalized spacial score (nSPS) is 27.8. The summed E-state index contributed by atoms with van der Waals surface area (Å²) in [5.41, 5.74) is 0. The Morgan fingerprint density at radius 2 is 2.54 bits per heavy atom. The number of nitrogens with one attached hydrogen (secondary N) is 1. The maximum Gasteiger partial charge on any atom is 0.320 e.